The molecule has 1 fully saturated rings. The lowest BCUT2D eigenvalue weighted by atomic mass is 9.85. The highest BCUT2D eigenvalue weighted by Crippen LogP contribution is 2.32. The van der Waals surface area contributed by atoms with Crippen molar-refractivity contribution in [2.45, 2.75) is 63.7 Å². The summed E-state index contributed by atoms with van der Waals surface area (Å²) < 4.78 is 0. The third kappa shape index (κ3) is 9.10. The number of thioether (sulfide) groups is 1. The lowest BCUT2D eigenvalue weighted by Crippen LogP contribution is -2.58. The third-order valence-corrected chi connectivity index (χ3v) is 11.1. The molecule has 3 atom stereocenters. The monoisotopic (exact) mass is 750 g/mol. The number of carbonyl (C=O) groups excluding carboxylic acids is 3. The van der Waals surface area contributed by atoms with Gasteiger partial charge in [0.15, 0.2) is 0 Å². The zero-order chi connectivity index (χ0) is 37.7. The van der Waals surface area contributed by atoms with Gasteiger partial charge in [-0.05, 0) is 59.4 Å². The summed E-state index contributed by atoms with van der Waals surface area (Å²) in [6.07, 6.45) is 0.912. The number of aryl methyl sites for hydroxylation is 1. The number of benzene rings is 3. The number of rotatable bonds is 11. The topological polar surface area (TPSA) is 158 Å². The van der Waals surface area contributed by atoms with Crippen molar-refractivity contribution in [3.05, 3.63) is 102 Å². The maximum absolute atomic E-state index is 14.0. The number of nitrogens with zero attached hydrogens (tertiary/aromatic N) is 4. The number of aromatic nitrogens is 3. The number of aromatic hydroxyl groups is 1. The molecule has 274 valence electrons. The van der Waals surface area contributed by atoms with Gasteiger partial charge in [0.2, 0.25) is 17.7 Å². The van der Waals surface area contributed by atoms with Gasteiger partial charge in [0, 0.05) is 35.5 Å². The van der Waals surface area contributed by atoms with E-state index in [0.29, 0.717) is 11.3 Å². The Morgan fingerprint density at radius 2 is 1.72 bits per heavy atom. The second-order valence-electron chi connectivity index (χ2n) is 14.1. The second-order valence-corrected chi connectivity index (χ2v) is 16.0. The van der Waals surface area contributed by atoms with Crippen LogP contribution in [0, 0.1) is 12.3 Å². The predicted octanol–water partition coefficient (Wildman–Crippen LogP) is 5.85. The van der Waals surface area contributed by atoms with Gasteiger partial charge < -0.3 is 25.7 Å². The Hall–Kier alpha value is -5.11. The van der Waals surface area contributed by atoms with Gasteiger partial charge in [-0.1, -0.05) is 69.3 Å². The summed E-state index contributed by atoms with van der Waals surface area (Å²) in [6, 6.07) is 22.6. The molecule has 0 radical (unpaired) electrons. The van der Waals surface area contributed by atoms with Crippen LogP contribution in [-0.4, -0.2) is 78.5 Å². The molecule has 5 aromatic rings. The number of likely N-dealkylation sites (tertiary alicyclic amines) is 1. The van der Waals surface area contributed by atoms with E-state index < -0.39 is 29.5 Å². The number of carbonyl (C=O) groups is 3. The standard InChI is InChI=1S/C40H42N6O5S2/c1-24-36(53-23-42-24)27-11-9-25(10-12-27)19-41-38(50)33-18-29(47)21-46(33)39(51)37(40(2,3)4)44-35(49)22-52-30-15-13-26(14-16-30)28-17-32(45-43-20-28)31-7-5-6-8-34(31)48/h5-17,20,23,29,33,37,47-48H,18-19,21-22H2,1-4H3,(H,41,50)(H,44,49)/t29-,33+,37-/m1/s1. The van der Waals surface area contributed by atoms with E-state index in [0.717, 1.165) is 37.7 Å². The molecule has 0 aliphatic carbocycles. The fourth-order valence-electron chi connectivity index (χ4n) is 6.22. The molecule has 1 saturated heterocycles. The summed E-state index contributed by atoms with van der Waals surface area (Å²) in [6.45, 7) is 7.82. The van der Waals surface area contributed by atoms with Gasteiger partial charge in [-0.25, -0.2) is 4.98 Å². The normalized spacial score (nSPS) is 16.3. The van der Waals surface area contributed by atoms with Crippen LogP contribution in [-0.2, 0) is 20.9 Å². The molecule has 1 aliphatic heterocycles. The molecule has 53 heavy (non-hydrogen) atoms. The first kappa shape index (κ1) is 37.6. The first-order valence-corrected chi connectivity index (χ1v) is 19.1. The van der Waals surface area contributed by atoms with Crippen LogP contribution < -0.4 is 10.6 Å². The maximum atomic E-state index is 14.0. The van der Waals surface area contributed by atoms with E-state index >= 15 is 0 Å². The van der Waals surface area contributed by atoms with Crippen molar-refractivity contribution in [3.8, 4) is 38.6 Å². The van der Waals surface area contributed by atoms with Crippen LogP contribution in [0.4, 0.5) is 0 Å². The number of hydrogen-bond donors (Lipinski definition) is 4. The van der Waals surface area contributed by atoms with Gasteiger partial charge in [0.05, 0.1) is 39.8 Å². The second kappa shape index (κ2) is 16.3. The van der Waals surface area contributed by atoms with Gasteiger partial charge in [0.25, 0.3) is 0 Å². The van der Waals surface area contributed by atoms with Gasteiger partial charge in [-0.2, -0.15) is 10.2 Å². The van der Waals surface area contributed by atoms with E-state index in [1.54, 1.807) is 35.7 Å². The Kier molecular flexibility index (Phi) is 11.6. The summed E-state index contributed by atoms with van der Waals surface area (Å²) in [4.78, 5) is 48.4. The van der Waals surface area contributed by atoms with Crippen LogP contribution in [0.1, 0.15) is 38.4 Å². The summed E-state index contributed by atoms with van der Waals surface area (Å²) in [5.74, 6) is -0.890. The van der Waals surface area contributed by atoms with Crippen molar-refractivity contribution in [1.29, 1.82) is 0 Å². The minimum Gasteiger partial charge on any atom is -0.507 e. The molecular formula is C40H42N6O5S2. The number of amides is 3. The molecule has 0 saturated carbocycles. The highest BCUT2D eigenvalue weighted by Gasteiger charge is 2.44. The smallest absolute Gasteiger partial charge is 0.246 e. The van der Waals surface area contributed by atoms with E-state index in [4.69, 9.17) is 0 Å². The van der Waals surface area contributed by atoms with E-state index in [9.17, 15) is 24.6 Å². The number of nitrogens with one attached hydrogen (secondary N) is 2. The maximum Gasteiger partial charge on any atom is 0.246 e. The molecular weight excluding hydrogens is 709 g/mol. The van der Waals surface area contributed by atoms with E-state index in [-0.39, 0.29) is 42.8 Å². The Bertz CT molecular complexity index is 2080. The van der Waals surface area contributed by atoms with Crippen LogP contribution in [0.15, 0.2) is 95.5 Å². The molecule has 2 aromatic heterocycles. The number of phenolic OH excluding ortho intramolecular Hbond substituents is 1. The molecule has 1 aliphatic rings. The minimum absolute atomic E-state index is 0.00433. The van der Waals surface area contributed by atoms with E-state index in [1.165, 1.54) is 16.7 Å². The number of aliphatic hydroxyl groups excluding tert-OH is 1. The molecule has 3 amide bonds. The predicted molar refractivity (Wildman–Crippen MR) is 207 cm³/mol. The SMILES string of the molecule is Cc1ncsc1-c1ccc(CNC(=O)[C@@H]2C[C@@H](O)CN2C(=O)[C@@H](NC(=O)CSc2ccc(-c3cnnc(-c4ccccc4O)c3)cc2)C(C)(C)C)cc1. The summed E-state index contributed by atoms with van der Waals surface area (Å²) in [5, 5.41) is 34.9. The van der Waals surface area contributed by atoms with Crippen molar-refractivity contribution in [2.24, 2.45) is 5.41 Å². The van der Waals surface area contributed by atoms with Crippen molar-refractivity contribution in [2.75, 3.05) is 12.3 Å². The highest BCUT2D eigenvalue weighted by atomic mass is 32.2. The lowest BCUT2D eigenvalue weighted by Gasteiger charge is -2.35. The average molecular weight is 751 g/mol. The largest absolute Gasteiger partial charge is 0.507 e. The Balaban J connectivity index is 1.05. The number of β-amino-alcohol motifs (C(OH)–C–C–N with tert-alkyl or cyclic N) is 1. The van der Waals surface area contributed by atoms with Crippen molar-refractivity contribution < 1.29 is 24.6 Å². The Morgan fingerprint density at radius 1 is 1.00 bits per heavy atom. The van der Waals surface area contributed by atoms with Crippen LogP contribution in [0.25, 0.3) is 32.8 Å². The number of para-hydroxylation sites is 1. The third-order valence-electron chi connectivity index (χ3n) is 9.10. The van der Waals surface area contributed by atoms with Crippen LogP contribution in [0.2, 0.25) is 0 Å². The van der Waals surface area contributed by atoms with E-state index in [1.807, 2.05) is 93.9 Å². The quantitative estimate of drug-likeness (QED) is 0.122. The zero-order valence-electron chi connectivity index (χ0n) is 29.9. The van der Waals surface area contributed by atoms with Crippen LogP contribution in [0.5, 0.6) is 5.75 Å². The Labute approximate surface area is 316 Å². The Morgan fingerprint density at radius 3 is 2.40 bits per heavy atom. The molecule has 11 nitrogen and oxygen atoms in total. The van der Waals surface area contributed by atoms with Crippen molar-refractivity contribution in [1.82, 2.24) is 30.7 Å². The van der Waals surface area contributed by atoms with Gasteiger partial charge in [-0.15, -0.1) is 23.1 Å². The fraction of sp³-hybridized carbons (Fsp3) is 0.300. The van der Waals surface area contributed by atoms with Crippen molar-refractivity contribution >= 4 is 40.8 Å². The molecule has 0 unspecified atom stereocenters. The molecule has 0 bridgehead atoms. The molecule has 13 heteroatoms. The zero-order valence-corrected chi connectivity index (χ0v) is 31.6. The first-order valence-electron chi connectivity index (χ1n) is 17.3. The van der Waals surface area contributed by atoms with E-state index in [2.05, 4.69) is 25.8 Å². The van der Waals surface area contributed by atoms with Gasteiger partial charge in [-0.3, -0.25) is 14.4 Å². The number of phenols is 1. The van der Waals surface area contributed by atoms with Gasteiger partial charge >= 0.3 is 0 Å². The fourth-order valence-corrected chi connectivity index (χ4v) is 7.74. The van der Waals surface area contributed by atoms with Gasteiger partial charge in [0.1, 0.15) is 17.8 Å². The number of thiazole rings is 1. The first-order chi connectivity index (χ1) is 25.4. The number of aliphatic hydroxyl groups is 1. The van der Waals surface area contributed by atoms with Crippen LogP contribution >= 0.6 is 23.1 Å². The average Bonchev–Trinajstić information content (AvgIpc) is 3.77. The summed E-state index contributed by atoms with van der Waals surface area (Å²) in [5.41, 5.74) is 6.95. The molecule has 3 heterocycles. The summed E-state index contributed by atoms with van der Waals surface area (Å²) in [7, 11) is 0. The molecule has 3 aromatic carbocycles. The van der Waals surface area contributed by atoms with Crippen molar-refractivity contribution in [3.63, 3.8) is 0 Å². The molecule has 4 N–H and O–H groups in total. The number of hydrogen-bond acceptors (Lipinski definition) is 10. The highest BCUT2D eigenvalue weighted by molar-refractivity contribution is 8.00. The molecule has 0 spiro atoms. The lowest BCUT2D eigenvalue weighted by molar-refractivity contribution is -0.143. The molecule has 6 rings (SSSR count). The van der Waals surface area contributed by atoms with Crippen LogP contribution in [0.3, 0.4) is 0 Å². The minimum atomic E-state index is -0.918. The summed E-state index contributed by atoms with van der Waals surface area (Å²) >= 11 is 2.91.